The van der Waals surface area contributed by atoms with Crippen LogP contribution in [0.4, 0.5) is 8.78 Å². The molecule has 0 aliphatic carbocycles. The molecule has 0 fully saturated rings. The maximum atomic E-state index is 14.1. The van der Waals surface area contributed by atoms with Gasteiger partial charge in [-0.05, 0) is 54.1 Å². The summed E-state index contributed by atoms with van der Waals surface area (Å²) in [5.41, 5.74) is 1.62. The van der Waals surface area contributed by atoms with Crippen molar-refractivity contribution in [2.45, 2.75) is 6.61 Å². The molecule has 0 N–H and O–H groups in total. The molecule has 8 nitrogen and oxygen atoms in total. The van der Waals surface area contributed by atoms with Crippen molar-refractivity contribution < 1.29 is 23.0 Å². The van der Waals surface area contributed by atoms with Crippen LogP contribution in [0.1, 0.15) is 5.56 Å². The molecule has 11 heteroatoms. The fourth-order valence-electron chi connectivity index (χ4n) is 4.05. The highest BCUT2D eigenvalue weighted by Gasteiger charge is 2.18. The predicted molar refractivity (Wildman–Crippen MR) is 145 cm³/mol. The van der Waals surface area contributed by atoms with Crippen LogP contribution in [0.5, 0.6) is 17.6 Å². The lowest BCUT2D eigenvalue weighted by molar-refractivity contribution is 0.292. The summed E-state index contributed by atoms with van der Waals surface area (Å²) in [6.45, 7) is -0.376. The van der Waals surface area contributed by atoms with Gasteiger partial charge in [0.1, 0.15) is 24.0 Å². The molecule has 3 heterocycles. The molecule has 0 amide bonds. The summed E-state index contributed by atoms with van der Waals surface area (Å²) in [5, 5.41) is 0.254. The molecule has 0 radical (unpaired) electrons. The van der Waals surface area contributed by atoms with E-state index >= 15 is 0 Å². The van der Waals surface area contributed by atoms with Gasteiger partial charge < -0.3 is 14.2 Å². The fraction of sp³-hybridized carbons (Fsp3) is 0.103. The van der Waals surface area contributed by atoms with Gasteiger partial charge in [-0.2, -0.15) is 4.98 Å². The standard InChI is InChI=1S/C29H21ClF2N4O4/c1-38-27-23(14-34-29(35-27)39-2)18-11-22(28(37)36(15-18)20-5-4-8-33-13-20)17-9-19(30)12-21(10-17)40-16-24-25(31)6-3-7-26(24)32/h3-15H,16H2,1-2H3. The van der Waals surface area contributed by atoms with E-state index in [1.807, 2.05) is 0 Å². The van der Waals surface area contributed by atoms with E-state index in [2.05, 4.69) is 15.0 Å². The second-order valence-corrected chi connectivity index (χ2v) is 8.91. The first-order valence-electron chi connectivity index (χ1n) is 11.9. The highest BCUT2D eigenvalue weighted by atomic mass is 35.5. The van der Waals surface area contributed by atoms with Crippen molar-refractivity contribution in [3.63, 3.8) is 0 Å². The smallest absolute Gasteiger partial charge is 0.319 e. The lowest BCUT2D eigenvalue weighted by Gasteiger charge is -2.15. The van der Waals surface area contributed by atoms with Gasteiger partial charge in [-0.25, -0.2) is 13.8 Å². The highest BCUT2D eigenvalue weighted by molar-refractivity contribution is 6.31. The van der Waals surface area contributed by atoms with Crippen LogP contribution in [0.3, 0.4) is 0 Å². The van der Waals surface area contributed by atoms with Crippen LogP contribution in [0.2, 0.25) is 5.02 Å². The summed E-state index contributed by atoms with van der Waals surface area (Å²) in [7, 11) is 2.90. The lowest BCUT2D eigenvalue weighted by Crippen LogP contribution is -2.20. The quantitative estimate of drug-likeness (QED) is 0.233. The van der Waals surface area contributed by atoms with Crippen LogP contribution in [0, 0.1) is 11.6 Å². The molecule has 0 unspecified atom stereocenters. The number of hydrogen-bond donors (Lipinski definition) is 0. The molecule has 0 aliphatic rings. The Kier molecular flexibility index (Phi) is 7.70. The zero-order valence-electron chi connectivity index (χ0n) is 21.3. The fourth-order valence-corrected chi connectivity index (χ4v) is 4.28. The number of methoxy groups -OCH3 is 2. The molecule has 0 saturated heterocycles. The molecule has 0 spiro atoms. The zero-order valence-corrected chi connectivity index (χ0v) is 22.0. The Morgan fingerprint density at radius 3 is 2.42 bits per heavy atom. The van der Waals surface area contributed by atoms with Crippen molar-refractivity contribution in [2.24, 2.45) is 0 Å². The van der Waals surface area contributed by atoms with E-state index in [0.29, 0.717) is 22.4 Å². The van der Waals surface area contributed by atoms with E-state index in [-0.39, 0.29) is 46.0 Å². The second kappa shape index (κ2) is 11.5. The Labute approximate surface area is 232 Å². The van der Waals surface area contributed by atoms with Crippen LogP contribution >= 0.6 is 11.6 Å². The first kappa shape index (κ1) is 26.8. The van der Waals surface area contributed by atoms with Gasteiger partial charge in [0.2, 0.25) is 5.88 Å². The molecule has 0 bridgehead atoms. The van der Waals surface area contributed by atoms with Crippen molar-refractivity contribution in [3.05, 3.63) is 112 Å². The third-order valence-electron chi connectivity index (χ3n) is 5.99. The lowest BCUT2D eigenvalue weighted by atomic mass is 10.0. The number of aromatic nitrogens is 4. The van der Waals surface area contributed by atoms with Crippen molar-refractivity contribution in [1.82, 2.24) is 19.5 Å². The molecular weight excluding hydrogens is 542 g/mol. The Morgan fingerprint density at radius 2 is 1.73 bits per heavy atom. The first-order chi connectivity index (χ1) is 19.4. The zero-order chi connectivity index (χ0) is 28.2. The largest absolute Gasteiger partial charge is 0.489 e. The maximum absolute atomic E-state index is 14.1. The Balaban J connectivity index is 1.64. The molecule has 0 aliphatic heterocycles. The average molecular weight is 563 g/mol. The van der Waals surface area contributed by atoms with Crippen molar-refractivity contribution >= 4 is 11.6 Å². The number of benzene rings is 2. The monoisotopic (exact) mass is 562 g/mol. The van der Waals surface area contributed by atoms with Crippen LogP contribution in [-0.4, -0.2) is 33.7 Å². The molecule has 0 atom stereocenters. The molecule has 0 saturated carbocycles. The van der Waals surface area contributed by atoms with E-state index < -0.39 is 11.6 Å². The molecule has 40 heavy (non-hydrogen) atoms. The number of nitrogens with zero attached hydrogens (tertiary/aromatic N) is 4. The molecule has 5 aromatic rings. The Morgan fingerprint density at radius 1 is 0.925 bits per heavy atom. The molecule has 2 aromatic carbocycles. The van der Waals surface area contributed by atoms with Gasteiger partial charge in [0.15, 0.2) is 0 Å². The topological polar surface area (TPSA) is 88.4 Å². The van der Waals surface area contributed by atoms with Gasteiger partial charge >= 0.3 is 6.01 Å². The maximum Gasteiger partial charge on any atom is 0.319 e. The molecular formula is C29H21ClF2N4O4. The Hall–Kier alpha value is -4.83. The summed E-state index contributed by atoms with van der Waals surface area (Å²) in [6.07, 6.45) is 6.29. The minimum Gasteiger partial charge on any atom is -0.489 e. The summed E-state index contributed by atoms with van der Waals surface area (Å²) < 4.78 is 45.9. The number of ether oxygens (including phenoxy) is 3. The van der Waals surface area contributed by atoms with Gasteiger partial charge in [-0.3, -0.25) is 14.3 Å². The van der Waals surface area contributed by atoms with Crippen molar-refractivity contribution in [3.8, 4) is 45.6 Å². The van der Waals surface area contributed by atoms with E-state index in [4.69, 9.17) is 25.8 Å². The van der Waals surface area contributed by atoms with Gasteiger partial charge in [0.25, 0.3) is 5.56 Å². The Bertz CT molecular complexity index is 1730. The second-order valence-electron chi connectivity index (χ2n) is 8.47. The number of pyridine rings is 2. The summed E-state index contributed by atoms with van der Waals surface area (Å²) in [5.74, 6) is -1.01. The third kappa shape index (κ3) is 5.48. The molecule has 5 rings (SSSR count). The summed E-state index contributed by atoms with van der Waals surface area (Å²) >= 11 is 6.39. The van der Waals surface area contributed by atoms with Crippen molar-refractivity contribution in [2.75, 3.05) is 14.2 Å². The van der Waals surface area contributed by atoms with Gasteiger partial charge in [0.05, 0.1) is 37.2 Å². The van der Waals surface area contributed by atoms with E-state index in [0.717, 1.165) is 12.1 Å². The molecule has 3 aromatic heterocycles. The third-order valence-corrected chi connectivity index (χ3v) is 6.21. The van der Waals surface area contributed by atoms with Crippen LogP contribution in [0.25, 0.3) is 27.9 Å². The van der Waals surface area contributed by atoms with Crippen molar-refractivity contribution in [1.29, 1.82) is 0 Å². The average Bonchev–Trinajstić information content (AvgIpc) is 2.97. The van der Waals surface area contributed by atoms with Crippen LogP contribution in [0.15, 0.2) is 84.2 Å². The number of hydrogen-bond acceptors (Lipinski definition) is 7. The summed E-state index contributed by atoms with van der Waals surface area (Å²) in [4.78, 5) is 26.3. The highest BCUT2D eigenvalue weighted by Crippen LogP contribution is 2.33. The first-order valence-corrected chi connectivity index (χ1v) is 12.2. The number of rotatable bonds is 8. The van der Waals surface area contributed by atoms with E-state index in [1.165, 1.54) is 37.1 Å². The molecule has 202 valence electrons. The minimum atomic E-state index is -0.732. The number of halogens is 3. The normalized spacial score (nSPS) is 10.8. The van der Waals surface area contributed by atoms with Crippen LogP contribution in [-0.2, 0) is 6.61 Å². The van der Waals surface area contributed by atoms with E-state index in [1.54, 1.807) is 48.9 Å². The SMILES string of the molecule is COc1ncc(-c2cc(-c3cc(Cl)cc(OCc4c(F)cccc4F)c3)c(=O)n(-c3cccnc3)c2)c(OC)n1. The summed E-state index contributed by atoms with van der Waals surface area (Å²) in [6, 6.07) is 13.4. The predicted octanol–water partition coefficient (Wildman–Crippen LogP) is 5.88. The van der Waals surface area contributed by atoms with Gasteiger partial charge in [0, 0.05) is 34.7 Å². The van der Waals surface area contributed by atoms with E-state index in [9.17, 15) is 13.6 Å². The van der Waals surface area contributed by atoms with Crippen LogP contribution < -0.4 is 19.8 Å². The van der Waals surface area contributed by atoms with Gasteiger partial charge in [-0.15, -0.1) is 0 Å². The minimum absolute atomic E-state index is 0.115. The van der Waals surface area contributed by atoms with Gasteiger partial charge in [-0.1, -0.05) is 17.7 Å².